The van der Waals surface area contributed by atoms with Crippen LogP contribution in [0.3, 0.4) is 0 Å². The van der Waals surface area contributed by atoms with Crippen LogP contribution in [0.25, 0.3) is 11.3 Å². The molecule has 0 aliphatic rings. The minimum Gasteiger partial charge on any atom is -0.383 e. The lowest BCUT2D eigenvalue weighted by molar-refractivity contribution is 0.588. The fourth-order valence-corrected chi connectivity index (χ4v) is 2.51. The molecule has 114 valence electrons. The summed E-state index contributed by atoms with van der Waals surface area (Å²) in [4.78, 5) is 4.58. The molecule has 0 aliphatic heterocycles. The number of anilines is 1. The summed E-state index contributed by atoms with van der Waals surface area (Å²) in [7, 11) is 0. The Bertz CT molecular complexity index is 635. The van der Waals surface area contributed by atoms with Crippen molar-refractivity contribution in [2.24, 2.45) is 0 Å². The number of nitrogens with two attached hydrogens (primary N) is 1. The molecule has 0 spiro atoms. The summed E-state index contributed by atoms with van der Waals surface area (Å²) in [6, 6.07) is 4.57. The fourth-order valence-electron chi connectivity index (χ4n) is 2.36. The number of halogens is 2. The molecule has 0 saturated heterocycles. The highest BCUT2D eigenvalue weighted by molar-refractivity contribution is 6.30. The van der Waals surface area contributed by atoms with Crippen LogP contribution in [0.4, 0.5) is 10.2 Å². The van der Waals surface area contributed by atoms with Gasteiger partial charge < -0.3 is 10.3 Å². The number of hydrogen-bond donors (Lipinski definition) is 1. The van der Waals surface area contributed by atoms with Gasteiger partial charge >= 0.3 is 0 Å². The van der Waals surface area contributed by atoms with Crippen molar-refractivity contribution >= 4 is 17.4 Å². The van der Waals surface area contributed by atoms with Gasteiger partial charge in [-0.15, -0.1) is 0 Å². The summed E-state index contributed by atoms with van der Waals surface area (Å²) in [5, 5.41) is 0.365. The van der Waals surface area contributed by atoms with Crippen LogP contribution in [0.2, 0.25) is 5.02 Å². The van der Waals surface area contributed by atoms with Crippen LogP contribution in [-0.4, -0.2) is 9.55 Å². The third-order valence-electron chi connectivity index (χ3n) is 3.47. The summed E-state index contributed by atoms with van der Waals surface area (Å²) in [5.74, 6) is 1.25. The van der Waals surface area contributed by atoms with E-state index in [0.717, 1.165) is 25.2 Å². The van der Waals surface area contributed by atoms with Crippen molar-refractivity contribution in [2.45, 2.75) is 46.1 Å². The van der Waals surface area contributed by atoms with Gasteiger partial charge in [0.15, 0.2) is 0 Å². The number of nitrogens with zero attached hydrogens (tertiary/aromatic N) is 2. The maximum atomic E-state index is 14.1. The molecule has 21 heavy (non-hydrogen) atoms. The van der Waals surface area contributed by atoms with Crippen molar-refractivity contribution < 1.29 is 4.39 Å². The molecule has 2 aromatic rings. The topological polar surface area (TPSA) is 43.8 Å². The highest BCUT2D eigenvalue weighted by Crippen LogP contribution is 2.32. The molecule has 2 rings (SSSR count). The number of nitrogen functional groups attached to an aromatic ring is 1. The van der Waals surface area contributed by atoms with E-state index in [4.69, 9.17) is 17.3 Å². The van der Waals surface area contributed by atoms with Crippen LogP contribution in [0.1, 0.15) is 45.4 Å². The predicted molar refractivity (Wildman–Crippen MR) is 86.0 cm³/mol. The molecule has 0 radical (unpaired) electrons. The third kappa shape index (κ3) is 3.21. The van der Waals surface area contributed by atoms with E-state index in [1.807, 2.05) is 4.57 Å². The van der Waals surface area contributed by atoms with Crippen LogP contribution in [0.5, 0.6) is 0 Å². The van der Waals surface area contributed by atoms with Crippen LogP contribution in [-0.2, 0) is 6.54 Å². The Morgan fingerprint density at radius 3 is 2.67 bits per heavy atom. The first-order valence-electron chi connectivity index (χ1n) is 7.27. The summed E-state index contributed by atoms with van der Waals surface area (Å²) in [6.07, 6.45) is 2.09. The summed E-state index contributed by atoms with van der Waals surface area (Å²) >= 11 is 5.80. The minimum absolute atomic E-state index is 0.230. The molecule has 0 bridgehead atoms. The van der Waals surface area contributed by atoms with Crippen LogP contribution in [0, 0.1) is 5.82 Å². The van der Waals surface area contributed by atoms with Crippen LogP contribution >= 0.6 is 11.6 Å². The van der Waals surface area contributed by atoms with E-state index in [1.54, 1.807) is 12.1 Å². The normalized spacial score (nSPS) is 11.3. The Balaban J connectivity index is 2.54. The number of hydrogen-bond acceptors (Lipinski definition) is 2. The molecule has 5 heteroatoms. The van der Waals surface area contributed by atoms with Crippen LogP contribution < -0.4 is 5.73 Å². The van der Waals surface area contributed by atoms with Gasteiger partial charge in [-0.1, -0.05) is 38.8 Å². The molecule has 0 aliphatic carbocycles. The minimum atomic E-state index is -0.398. The summed E-state index contributed by atoms with van der Waals surface area (Å²) in [6.45, 7) is 7.05. The Kier molecular flexibility index (Phi) is 4.88. The second kappa shape index (κ2) is 6.48. The first-order valence-corrected chi connectivity index (χ1v) is 7.64. The van der Waals surface area contributed by atoms with Crippen molar-refractivity contribution in [3.63, 3.8) is 0 Å². The molecule has 0 atom stereocenters. The van der Waals surface area contributed by atoms with E-state index in [-0.39, 0.29) is 5.92 Å². The van der Waals surface area contributed by atoms with Gasteiger partial charge in [-0.2, -0.15) is 0 Å². The second-order valence-electron chi connectivity index (χ2n) is 5.49. The average molecular weight is 310 g/mol. The Labute approximate surface area is 129 Å². The monoisotopic (exact) mass is 309 g/mol. The number of unbranched alkanes of at least 4 members (excludes halogenated alkanes) is 1. The second-order valence-corrected chi connectivity index (χ2v) is 5.92. The summed E-state index contributed by atoms with van der Waals surface area (Å²) in [5.41, 5.74) is 7.12. The van der Waals surface area contributed by atoms with Gasteiger partial charge in [-0.25, -0.2) is 9.37 Å². The molecule has 0 saturated carbocycles. The largest absolute Gasteiger partial charge is 0.383 e. The molecule has 3 nitrogen and oxygen atoms in total. The van der Waals surface area contributed by atoms with E-state index in [1.165, 1.54) is 6.07 Å². The maximum absolute atomic E-state index is 14.1. The molecule has 0 fully saturated rings. The van der Waals surface area contributed by atoms with Gasteiger partial charge in [0.1, 0.15) is 23.2 Å². The highest BCUT2D eigenvalue weighted by atomic mass is 35.5. The molecule has 0 unspecified atom stereocenters. The average Bonchev–Trinajstić information content (AvgIpc) is 2.74. The van der Waals surface area contributed by atoms with Gasteiger partial charge in [0.2, 0.25) is 0 Å². The fraction of sp³-hybridized carbons (Fsp3) is 0.438. The lowest BCUT2D eigenvalue weighted by atomic mass is 10.1. The zero-order valence-corrected chi connectivity index (χ0v) is 13.4. The van der Waals surface area contributed by atoms with Crippen LogP contribution in [0.15, 0.2) is 18.2 Å². The molecule has 2 N–H and O–H groups in total. The number of aromatic nitrogens is 2. The molecular weight excluding hydrogens is 289 g/mol. The first kappa shape index (κ1) is 15.8. The van der Waals surface area contributed by atoms with Gasteiger partial charge in [0, 0.05) is 23.0 Å². The van der Waals surface area contributed by atoms with Gasteiger partial charge in [0.25, 0.3) is 0 Å². The highest BCUT2D eigenvalue weighted by Gasteiger charge is 2.20. The Hall–Kier alpha value is -1.55. The molecule has 0 amide bonds. The van der Waals surface area contributed by atoms with Gasteiger partial charge in [-0.05, 0) is 24.6 Å². The first-order chi connectivity index (χ1) is 9.95. The van der Waals surface area contributed by atoms with E-state index in [9.17, 15) is 4.39 Å². The predicted octanol–water partition coefficient (Wildman–Crippen LogP) is 4.85. The Morgan fingerprint density at radius 1 is 1.38 bits per heavy atom. The Morgan fingerprint density at radius 2 is 2.10 bits per heavy atom. The van der Waals surface area contributed by atoms with Crippen molar-refractivity contribution in [2.75, 3.05) is 5.73 Å². The third-order valence-corrected chi connectivity index (χ3v) is 3.71. The smallest absolute Gasteiger partial charge is 0.134 e. The van der Waals surface area contributed by atoms with E-state index in [0.29, 0.717) is 22.1 Å². The lowest BCUT2D eigenvalue weighted by Crippen LogP contribution is -2.08. The quantitative estimate of drug-likeness (QED) is 0.858. The SMILES string of the molecule is CCCCn1c(C(C)C)nc(-c2ccc(Cl)cc2F)c1N. The van der Waals surface area contributed by atoms with E-state index < -0.39 is 5.82 Å². The molecule has 1 heterocycles. The summed E-state index contributed by atoms with van der Waals surface area (Å²) < 4.78 is 16.1. The van der Waals surface area contributed by atoms with Crippen molar-refractivity contribution in [3.8, 4) is 11.3 Å². The van der Waals surface area contributed by atoms with Crippen molar-refractivity contribution in [3.05, 3.63) is 34.9 Å². The lowest BCUT2D eigenvalue weighted by Gasteiger charge is -2.11. The number of rotatable bonds is 5. The number of imidazole rings is 1. The van der Waals surface area contributed by atoms with E-state index >= 15 is 0 Å². The number of benzene rings is 1. The zero-order valence-electron chi connectivity index (χ0n) is 12.7. The maximum Gasteiger partial charge on any atom is 0.134 e. The van der Waals surface area contributed by atoms with E-state index in [2.05, 4.69) is 25.8 Å². The standard InChI is InChI=1S/C16H21ClFN3/c1-4-5-8-21-15(19)14(20-16(21)10(2)3)12-7-6-11(17)9-13(12)18/h6-7,9-10H,4-5,8,19H2,1-3H3. The zero-order chi connectivity index (χ0) is 15.6. The molecule has 1 aromatic heterocycles. The van der Waals surface area contributed by atoms with Gasteiger partial charge in [-0.3, -0.25) is 0 Å². The van der Waals surface area contributed by atoms with Gasteiger partial charge in [0.05, 0.1) is 0 Å². The van der Waals surface area contributed by atoms with Crippen molar-refractivity contribution in [1.29, 1.82) is 0 Å². The molecule has 1 aromatic carbocycles. The molecular formula is C16H21ClFN3. The van der Waals surface area contributed by atoms with Crippen molar-refractivity contribution in [1.82, 2.24) is 9.55 Å².